The Balaban J connectivity index is 1.61. The Morgan fingerprint density at radius 1 is 1.47 bits per heavy atom. The number of nitrogens with zero attached hydrogens (tertiary/aromatic N) is 3. The minimum atomic E-state index is 0.661. The number of aromatic nitrogens is 3. The number of hydrogen-bond acceptors (Lipinski definition) is 4. The highest BCUT2D eigenvalue weighted by Gasteiger charge is 2.22. The first-order chi connectivity index (χ1) is 8.33. The third kappa shape index (κ3) is 2.35. The van der Waals surface area contributed by atoms with E-state index >= 15 is 0 Å². The van der Waals surface area contributed by atoms with Crippen molar-refractivity contribution in [3.63, 3.8) is 0 Å². The lowest BCUT2D eigenvalue weighted by Gasteiger charge is -2.06. The zero-order valence-electron chi connectivity index (χ0n) is 9.54. The zero-order valence-corrected chi connectivity index (χ0v) is 11.2. The molecule has 0 aliphatic carbocycles. The summed E-state index contributed by atoms with van der Waals surface area (Å²) in [5, 5.41) is 5.74. The largest absolute Gasteiger partial charge is 0.244 e. The van der Waals surface area contributed by atoms with Crippen LogP contribution in [0, 0.1) is 0 Å². The standard InChI is InChI=1S/C12H13N3S2/c1-15-12(13-8-14-15)16-7-10-6-9-4-2-3-5-11(9)17-10/h2-5,8,10H,6-7H2,1H3. The molecule has 1 unspecified atom stereocenters. The second-order valence-electron chi connectivity index (χ2n) is 4.03. The molecule has 5 heteroatoms. The summed E-state index contributed by atoms with van der Waals surface area (Å²) in [6.45, 7) is 0. The van der Waals surface area contributed by atoms with Crippen LogP contribution in [0.2, 0.25) is 0 Å². The van der Waals surface area contributed by atoms with Gasteiger partial charge in [0.15, 0.2) is 5.16 Å². The Labute approximate surface area is 109 Å². The molecule has 3 rings (SSSR count). The van der Waals surface area contributed by atoms with Gasteiger partial charge >= 0.3 is 0 Å². The van der Waals surface area contributed by atoms with E-state index in [1.807, 2.05) is 23.5 Å². The van der Waals surface area contributed by atoms with Crippen molar-refractivity contribution in [2.45, 2.75) is 21.7 Å². The molecule has 3 nitrogen and oxygen atoms in total. The maximum Gasteiger partial charge on any atom is 0.185 e. The van der Waals surface area contributed by atoms with Gasteiger partial charge in [0.05, 0.1) is 0 Å². The Bertz CT molecular complexity index is 499. The number of rotatable bonds is 3. The number of benzene rings is 1. The fraction of sp³-hybridized carbons (Fsp3) is 0.333. The Hall–Kier alpha value is -0.940. The predicted molar refractivity (Wildman–Crippen MR) is 71.5 cm³/mol. The van der Waals surface area contributed by atoms with Crippen LogP contribution in [0.4, 0.5) is 0 Å². The molecular weight excluding hydrogens is 250 g/mol. The molecular formula is C12H13N3S2. The molecule has 0 amide bonds. The lowest BCUT2D eigenvalue weighted by Crippen LogP contribution is -2.05. The average molecular weight is 263 g/mol. The van der Waals surface area contributed by atoms with Crippen LogP contribution in [0.5, 0.6) is 0 Å². The Morgan fingerprint density at radius 2 is 2.35 bits per heavy atom. The van der Waals surface area contributed by atoms with Gasteiger partial charge in [0.2, 0.25) is 0 Å². The van der Waals surface area contributed by atoms with Gasteiger partial charge in [-0.05, 0) is 18.1 Å². The van der Waals surface area contributed by atoms with Gasteiger partial charge in [-0.3, -0.25) is 0 Å². The fourth-order valence-electron chi connectivity index (χ4n) is 1.93. The lowest BCUT2D eigenvalue weighted by molar-refractivity contribution is 0.685. The van der Waals surface area contributed by atoms with Crippen LogP contribution >= 0.6 is 23.5 Å². The molecule has 88 valence electrons. The summed E-state index contributed by atoms with van der Waals surface area (Å²) < 4.78 is 1.83. The van der Waals surface area contributed by atoms with Crippen molar-refractivity contribution in [3.05, 3.63) is 36.2 Å². The van der Waals surface area contributed by atoms with Crippen LogP contribution in [0.1, 0.15) is 5.56 Å². The fourth-order valence-corrected chi connectivity index (χ4v) is 4.30. The molecule has 1 aliphatic heterocycles. The van der Waals surface area contributed by atoms with E-state index in [4.69, 9.17) is 0 Å². The van der Waals surface area contributed by atoms with Crippen LogP contribution in [0.25, 0.3) is 0 Å². The molecule has 1 aromatic carbocycles. The topological polar surface area (TPSA) is 30.7 Å². The summed E-state index contributed by atoms with van der Waals surface area (Å²) in [6, 6.07) is 8.68. The van der Waals surface area contributed by atoms with Crippen LogP contribution in [-0.4, -0.2) is 25.8 Å². The van der Waals surface area contributed by atoms with E-state index in [-0.39, 0.29) is 0 Å². The third-order valence-corrected chi connectivity index (χ3v) is 5.51. The maximum atomic E-state index is 4.23. The predicted octanol–water partition coefficient (Wildman–Crippen LogP) is 2.62. The van der Waals surface area contributed by atoms with Crippen LogP contribution in [0.3, 0.4) is 0 Å². The summed E-state index contributed by atoms with van der Waals surface area (Å²) in [5.74, 6) is 1.09. The SMILES string of the molecule is Cn1ncnc1SCC1Cc2ccccc2S1. The smallest absolute Gasteiger partial charge is 0.185 e. The van der Waals surface area contributed by atoms with Gasteiger partial charge in [-0.15, -0.1) is 11.8 Å². The lowest BCUT2D eigenvalue weighted by atomic mass is 10.1. The first-order valence-electron chi connectivity index (χ1n) is 5.54. The Morgan fingerprint density at radius 3 is 3.12 bits per heavy atom. The summed E-state index contributed by atoms with van der Waals surface area (Å²) in [4.78, 5) is 5.67. The van der Waals surface area contributed by atoms with Crippen molar-refractivity contribution in [1.29, 1.82) is 0 Å². The molecule has 0 saturated heterocycles. The first-order valence-corrected chi connectivity index (χ1v) is 7.41. The van der Waals surface area contributed by atoms with Crippen molar-refractivity contribution in [3.8, 4) is 0 Å². The van der Waals surface area contributed by atoms with E-state index in [0.717, 1.165) is 10.9 Å². The van der Waals surface area contributed by atoms with E-state index in [2.05, 4.69) is 34.3 Å². The normalized spacial score (nSPS) is 18.3. The quantitative estimate of drug-likeness (QED) is 0.797. The highest BCUT2D eigenvalue weighted by Crippen LogP contribution is 2.38. The minimum Gasteiger partial charge on any atom is -0.244 e. The van der Waals surface area contributed by atoms with E-state index in [0.29, 0.717) is 5.25 Å². The van der Waals surface area contributed by atoms with Crippen molar-refractivity contribution in [2.24, 2.45) is 7.05 Å². The van der Waals surface area contributed by atoms with E-state index in [1.165, 1.54) is 16.9 Å². The third-order valence-electron chi connectivity index (χ3n) is 2.78. The molecule has 1 aromatic heterocycles. The van der Waals surface area contributed by atoms with Crippen LogP contribution in [-0.2, 0) is 13.5 Å². The molecule has 0 bridgehead atoms. The number of hydrogen-bond donors (Lipinski definition) is 0. The van der Waals surface area contributed by atoms with E-state index in [9.17, 15) is 0 Å². The number of aryl methyl sites for hydroxylation is 1. The summed E-state index contributed by atoms with van der Waals surface area (Å²) in [5.41, 5.74) is 1.49. The molecule has 2 aromatic rings. The van der Waals surface area contributed by atoms with Crippen molar-refractivity contribution >= 4 is 23.5 Å². The summed E-state index contributed by atoms with van der Waals surface area (Å²) in [7, 11) is 1.94. The van der Waals surface area contributed by atoms with Crippen molar-refractivity contribution < 1.29 is 0 Å². The molecule has 0 N–H and O–H groups in total. The molecule has 1 atom stereocenters. The van der Waals surface area contributed by atoms with Crippen LogP contribution < -0.4 is 0 Å². The number of fused-ring (bicyclic) bond motifs is 1. The van der Waals surface area contributed by atoms with Gasteiger partial charge < -0.3 is 0 Å². The molecule has 0 fully saturated rings. The highest BCUT2D eigenvalue weighted by atomic mass is 32.2. The van der Waals surface area contributed by atoms with E-state index < -0.39 is 0 Å². The van der Waals surface area contributed by atoms with Gasteiger partial charge in [0.25, 0.3) is 0 Å². The van der Waals surface area contributed by atoms with Gasteiger partial charge in [-0.25, -0.2) is 9.67 Å². The van der Waals surface area contributed by atoms with Crippen molar-refractivity contribution in [1.82, 2.24) is 14.8 Å². The van der Waals surface area contributed by atoms with Gasteiger partial charge in [-0.2, -0.15) is 5.10 Å². The molecule has 1 aliphatic rings. The van der Waals surface area contributed by atoms with Crippen molar-refractivity contribution in [2.75, 3.05) is 5.75 Å². The molecule has 0 spiro atoms. The average Bonchev–Trinajstić information content (AvgIpc) is 2.92. The molecule has 0 radical (unpaired) electrons. The summed E-state index contributed by atoms with van der Waals surface area (Å²) in [6.07, 6.45) is 2.78. The highest BCUT2D eigenvalue weighted by molar-refractivity contribution is 8.03. The minimum absolute atomic E-state index is 0.661. The molecule has 0 saturated carbocycles. The van der Waals surface area contributed by atoms with Crippen LogP contribution in [0.15, 0.2) is 40.6 Å². The first kappa shape index (κ1) is 11.2. The van der Waals surface area contributed by atoms with Gasteiger partial charge in [-0.1, -0.05) is 30.0 Å². The van der Waals surface area contributed by atoms with Gasteiger partial charge in [0, 0.05) is 22.9 Å². The molecule has 2 heterocycles. The summed E-state index contributed by atoms with van der Waals surface area (Å²) >= 11 is 3.78. The second kappa shape index (κ2) is 4.74. The molecule has 17 heavy (non-hydrogen) atoms. The monoisotopic (exact) mass is 263 g/mol. The zero-order chi connectivity index (χ0) is 11.7. The number of thioether (sulfide) groups is 2. The van der Waals surface area contributed by atoms with E-state index in [1.54, 1.807) is 18.1 Å². The second-order valence-corrected chi connectivity index (χ2v) is 6.36. The van der Waals surface area contributed by atoms with Gasteiger partial charge in [0.1, 0.15) is 6.33 Å². The maximum absolute atomic E-state index is 4.23. The Kier molecular flexibility index (Phi) is 3.11.